The van der Waals surface area contributed by atoms with Gasteiger partial charge in [0.15, 0.2) is 4.80 Å². The first kappa shape index (κ1) is 21.5. The van der Waals surface area contributed by atoms with Crippen LogP contribution in [0.1, 0.15) is 24.1 Å². The molecule has 0 bridgehead atoms. The quantitative estimate of drug-likeness (QED) is 0.373. The summed E-state index contributed by atoms with van der Waals surface area (Å²) < 4.78 is 13.4. The fourth-order valence-electron chi connectivity index (χ4n) is 3.57. The molecule has 1 aromatic heterocycles. The monoisotopic (exact) mass is 546 g/mol. The van der Waals surface area contributed by atoms with Crippen molar-refractivity contribution in [1.29, 1.82) is 0 Å². The first-order chi connectivity index (χ1) is 14.9. The second-order valence-corrected chi connectivity index (χ2v) is 9.05. The number of hydrogen-bond donors (Lipinski definition) is 0. The molecule has 0 N–H and O–H groups in total. The Morgan fingerprint density at radius 3 is 2.58 bits per heavy atom. The lowest BCUT2D eigenvalue weighted by molar-refractivity contribution is -0.136. The van der Waals surface area contributed by atoms with Crippen LogP contribution in [-0.4, -0.2) is 24.8 Å². The average molecular weight is 546 g/mol. The van der Waals surface area contributed by atoms with Crippen LogP contribution in [0.4, 0.5) is 0 Å². The smallest absolute Gasteiger partial charge is 0.338 e. The molecule has 0 spiro atoms. The molecule has 2 aromatic carbocycles. The molecule has 6 nitrogen and oxygen atoms in total. The molecule has 158 valence electrons. The van der Waals surface area contributed by atoms with Gasteiger partial charge in [-0.25, -0.2) is 9.79 Å². The Kier molecular flexibility index (Phi) is 6.10. The van der Waals surface area contributed by atoms with Gasteiger partial charge in [-0.05, 0) is 58.9 Å². The molecule has 1 aliphatic heterocycles. The Morgan fingerprint density at radius 2 is 1.94 bits per heavy atom. The van der Waals surface area contributed by atoms with Gasteiger partial charge in [-0.15, -0.1) is 0 Å². The maximum atomic E-state index is 13.5. The van der Waals surface area contributed by atoms with E-state index in [4.69, 9.17) is 9.47 Å². The van der Waals surface area contributed by atoms with Crippen molar-refractivity contribution in [2.75, 3.05) is 14.2 Å². The molecule has 0 aliphatic carbocycles. The standard InChI is InChI=1S/C23H19IN2O4S/c1-13-19(22(28)30-3)20(15-7-5-4-6-8-15)26-21(27)18(31-23(26)25-13)12-14-9-10-17(29-2)16(24)11-14/h4-12,20H,1-3H3/b18-12-/t20-/m1/s1. The zero-order chi connectivity index (χ0) is 22.1. The largest absolute Gasteiger partial charge is 0.496 e. The Hall–Kier alpha value is -2.72. The maximum absolute atomic E-state index is 13.5. The number of methoxy groups -OCH3 is 2. The SMILES string of the molecule is COC(=O)C1=C(C)N=c2s/c(=C\c3ccc(OC)c(I)c3)c(=O)n2[C@@H]1c1ccccc1. The van der Waals surface area contributed by atoms with Crippen LogP contribution >= 0.6 is 33.9 Å². The van der Waals surface area contributed by atoms with Crippen LogP contribution < -0.4 is 19.6 Å². The van der Waals surface area contributed by atoms with Crippen LogP contribution in [0.5, 0.6) is 5.75 Å². The summed E-state index contributed by atoms with van der Waals surface area (Å²) in [5.41, 5.74) is 2.43. The lowest BCUT2D eigenvalue weighted by Crippen LogP contribution is -2.39. The topological polar surface area (TPSA) is 69.9 Å². The molecule has 1 atom stereocenters. The third-order valence-electron chi connectivity index (χ3n) is 5.02. The van der Waals surface area contributed by atoms with E-state index in [-0.39, 0.29) is 5.56 Å². The third-order valence-corrected chi connectivity index (χ3v) is 6.84. The number of nitrogens with zero attached hydrogens (tertiary/aromatic N) is 2. The fraction of sp³-hybridized carbons (Fsp3) is 0.174. The van der Waals surface area contributed by atoms with Crippen LogP contribution in [0.2, 0.25) is 0 Å². The lowest BCUT2D eigenvalue weighted by Gasteiger charge is -2.24. The minimum atomic E-state index is -0.594. The molecule has 31 heavy (non-hydrogen) atoms. The Labute approximate surface area is 196 Å². The summed E-state index contributed by atoms with van der Waals surface area (Å²) in [7, 11) is 2.96. The van der Waals surface area contributed by atoms with E-state index in [1.54, 1.807) is 18.6 Å². The van der Waals surface area contributed by atoms with E-state index in [1.807, 2.05) is 54.6 Å². The fourth-order valence-corrected chi connectivity index (χ4v) is 5.37. The number of carbonyl (C=O) groups is 1. The molecule has 0 saturated heterocycles. The summed E-state index contributed by atoms with van der Waals surface area (Å²) in [5.74, 6) is 0.288. The number of fused-ring (bicyclic) bond motifs is 1. The van der Waals surface area contributed by atoms with E-state index in [1.165, 1.54) is 18.4 Å². The number of allylic oxidation sites excluding steroid dienone is 1. The first-order valence-corrected chi connectivity index (χ1v) is 11.3. The predicted octanol–water partition coefficient (Wildman–Crippen LogP) is 3.02. The van der Waals surface area contributed by atoms with Gasteiger partial charge in [0.25, 0.3) is 5.56 Å². The normalized spacial score (nSPS) is 16.0. The summed E-state index contributed by atoms with van der Waals surface area (Å²) in [6.07, 6.45) is 1.84. The van der Waals surface area contributed by atoms with Crippen molar-refractivity contribution in [3.8, 4) is 5.75 Å². The summed E-state index contributed by atoms with van der Waals surface area (Å²) in [6, 6.07) is 14.6. The lowest BCUT2D eigenvalue weighted by atomic mass is 9.96. The Bertz CT molecular complexity index is 1370. The van der Waals surface area contributed by atoms with E-state index in [0.29, 0.717) is 20.6 Å². The molecular formula is C23H19IN2O4S. The number of carbonyl (C=O) groups excluding carboxylic acids is 1. The second-order valence-electron chi connectivity index (χ2n) is 6.88. The van der Waals surface area contributed by atoms with Crippen molar-refractivity contribution in [2.24, 2.45) is 4.99 Å². The molecule has 0 fully saturated rings. The van der Waals surface area contributed by atoms with E-state index in [2.05, 4.69) is 27.6 Å². The molecule has 4 rings (SSSR count). The molecule has 2 heterocycles. The maximum Gasteiger partial charge on any atom is 0.338 e. The van der Waals surface area contributed by atoms with Crippen LogP contribution in [0.15, 0.2) is 69.6 Å². The summed E-state index contributed by atoms with van der Waals surface area (Å²) in [6.45, 7) is 1.77. The van der Waals surface area contributed by atoms with Gasteiger partial charge in [0.1, 0.15) is 5.75 Å². The number of ether oxygens (including phenoxy) is 2. The highest BCUT2D eigenvalue weighted by molar-refractivity contribution is 14.1. The van der Waals surface area contributed by atoms with Gasteiger partial charge in [-0.3, -0.25) is 9.36 Å². The van der Waals surface area contributed by atoms with Gasteiger partial charge < -0.3 is 9.47 Å². The average Bonchev–Trinajstić information content (AvgIpc) is 3.07. The number of hydrogen-bond acceptors (Lipinski definition) is 6. The molecule has 0 saturated carbocycles. The summed E-state index contributed by atoms with van der Waals surface area (Å²) in [4.78, 5) is 31.2. The third kappa shape index (κ3) is 3.97. The predicted molar refractivity (Wildman–Crippen MR) is 128 cm³/mol. The Balaban J connectivity index is 1.94. The van der Waals surface area contributed by atoms with Crippen molar-refractivity contribution in [2.45, 2.75) is 13.0 Å². The number of halogens is 1. The van der Waals surface area contributed by atoms with Crippen LogP contribution in [0.3, 0.4) is 0 Å². The van der Waals surface area contributed by atoms with E-state index < -0.39 is 12.0 Å². The van der Waals surface area contributed by atoms with E-state index in [0.717, 1.165) is 20.4 Å². The Morgan fingerprint density at radius 1 is 1.19 bits per heavy atom. The number of aromatic nitrogens is 1. The first-order valence-electron chi connectivity index (χ1n) is 9.44. The van der Waals surface area contributed by atoms with Crippen LogP contribution in [0.25, 0.3) is 6.08 Å². The second kappa shape index (κ2) is 8.80. The van der Waals surface area contributed by atoms with E-state index in [9.17, 15) is 9.59 Å². The summed E-state index contributed by atoms with van der Waals surface area (Å²) in [5, 5.41) is 0. The van der Waals surface area contributed by atoms with Gasteiger partial charge >= 0.3 is 5.97 Å². The van der Waals surface area contributed by atoms with Gasteiger partial charge in [0.05, 0.1) is 39.6 Å². The number of rotatable bonds is 4. The number of benzene rings is 2. The molecule has 0 unspecified atom stereocenters. The molecule has 0 amide bonds. The molecule has 1 aliphatic rings. The van der Waals surface area contributed by atoms with Crippen molar-refractivity contribution in [3.63, 3.8) is 0 Å². The minimum Gasteiger partial charge on any atom is -0.496 e. The van der Waals surface area contributed by atoms with Gasteiger partial charge in [-0.2, -0.15) is 0 Å². The zero-order valence-corrected chi connectivity index (χ0v) is 20.1. The van der Waals surface area contributed by atoms with Gasteiger partial charge in [0.2, 0.25) is 0 Å². The van der Waals surface area contributed by atoms with Crippen LogP contribution in [0, 0.1) is 3.57 Å². The van der Waals surface area contributed by atoms with Crippen LogP contribution in [-0.2, 0) is 9.53 Å². The highest BCUT2D eigenvalue weighted by Crippen LogP contribution is 2.30. The van der Waals surface area contributed by atoms with E-state index >= 15 is 0 Å². The zero-order valence-electron chi connectivity index (χ0n) is 17.1. The van der Waals surface area contributed by atoms with Crippen molar-refractivity contribution < 1.29 is 14.3 Å². The highest BCUT2D eigenvalue weighted by atomic mass is 127. The molecule has 8 heteroatoms. The molecular weight excluding hydrogens is 527 g/mol. The van der Waals surface area contributed by atoms with Crippen molar-refractivity contribution >= 4 is 46.0 Å². The minimum absolute atomic E-state index is 0.197. The van der Waals surface area contributed by atoms with Gasteiger partial charge in [-0.1, -0.05) is 47.7 Å². The number of thiazole rings is 1. The highest BCUT2D eigenvalue weighted by Gasteiger charge is 2.32. The van der Waals surface area contributed by atoms with Crippen molar-refractivity contribution in [3.05, 3.63) is 94.2 Å². The number of esters is 1. The molecule has 3 aromatic rings. The summed E-state index contributed by atoms with van der Waals surface area (Å²) >= 11 is 3.50. The van der Waals surface area contributed by atoms with Crippen molar-refractivity contribution in [1.82, 2.24) is 4.57 Å². The van der Waals surface area contributed by atoms with Gasteiger partial charge in [0, 0.05) is 0 Å². The molecule has 0 radical (unpaired) electrons.